The average molecular weight is 316 g/mol. The van der Waals surface area contributed by atoms with Crippen molar-refractivity contribution in [2.75, 3.05) is 5.32 Å². The minimum atomic E-state index is -4.37. The summed E-state index contributed by atoms with van der Waals surface area (Å²) in [6.07, 6.45) is -4.37. The molecule has 1 aromatic heterocycles. The van der Waals surface area contributed by atoms with Crippen molar-refractivity contribution in [2.45, 2.75) is 20.0 Å². The number of halogens is 3. The number of hydrogen-bond acceptors (Lipinski definition) is 2. The van der Waals surface area contributed by atoms with Crippen LogP contribution in [0.5, 0.6) is 0 Å². The summed E-state index contributed by atoms with van der Waals surface area (Å²) in [5.41, 5.74) is 3.02. The van der Waals surface area contributed by atoms with Crippen molar-refractivity contribution >= 4 is 22.3 Å². The van der Waals surface area contributed by atoms with Crippen LogP contribution in [-0.2, 0) is 6.18 Å². The molecule has 0 radical (unpaired) electrons. The quantitative estimate of drug-likeness (QED) is 0.664. The molecule has 0 spiro atoms. The van der Waals surface area contributed by atoms with Gasteiger partial charge in [-0.05, 0) is 43.7 Å². The van der Waals surface area contributed by atoms with E-state index >= 15 is 0 Å². The number of fused-ring (bicyclic) bond motifs is 1. The number of nitrogens with one attached hydrogen (secondary N) is 1. The Hall–Kier alpha value is -2.56. The maximum Gasteiger partial charge on any atom is 0.416 e. The zero-order valence-corrected chi connectivity index (χ0v) is 12.7. The van der Waals surface area contributed by atoms with Gasteiger partial charge in [0.05, 0.1) is 11.1 Å². The van der Waals surface area contributed by atoms with E-state index in [4.69, 9.17) is 0 Å². The maximum atomic E-state index is 12.9. The van der Waals surface area contributed by atoms with Gasteiger partial charge in [-0.25, -0.2) is 0 Å². The molecule has 0 unspecified atom stereocenters. The van der Waals surface area contributed by atoms with E-state index in [-0.39, 0.29) is 0 Å². The summed E-state index contributed by atoms with van der Waals surface area (Å²) >= 11 is 0. The molecule has 5 heteroatoms. The Labute approximate surface area is 132 Å². The van der Waals surface area contributed by atoms with Gasteiger partial charge in [0.25, 0.3) is 0 Å². The predicted octanol–water partition coefficient (Wildman–Crippen LogP) is 5.61. The van der Waals surface area contributed by atoms with Crippen LogP contribution in [0.4, 0.5) is 24.5 Å². The molecule has 0 bridgehead atoms. The zero-order valence-electron chi connectivity index (χ0n) is 12.7. The summed E-state index contributed by atoms with van der Waals surface area (Å²) in [6, 6.07) is 13.2. The molecule has 0 aliphatic rings. The van der Waals surface area contributed by atoms with E-state index in [2.05, 4.69) is 10.3 Å². The Bertz CT molecular complexity index is 870. The standard InChI is InChI=1S/C18H15F3N2/c1-11-5-3-4-6-15(11)23-16-9-12(2)22-17-10-13(18(19,20)21)7-8-14(16)17/h3-10H,1-2H3,(H,22,23). The third-order valence-corrected chi connectivity index (χ3v) is 3.68. The van der Waals surface area contributed by atoms with Crippen LogP contribution in [0, 0.1) is 13.8 Å². The van der Waals surface area contributed by atoms with Crippen molar-refractivity contribution in [1.29, 1.82) is 0 Å². The monoisotopic (exact) mass is 316 g/mol. The molecule has 3 rings (SSSR count). The molecule has 1 heterocycles. The second-order valence-corrected chi connectivity index (χ2v) is 5.48. The minimum Gasteiger partial charge on any atom is -0.355 e. The van der Waals surface area contributed by atoms with Gasteiger partial charge < -0.3 is 5.32 Å². The first-order chi connectivity index (χ1) is 10.8. The van der Waals surface area contributed by atoms with Gasteiger partial charge in [0.2, 0.25) is 0 Å². The number of anilines is 2. The summed E-state index contributed by atoms with van der Waals surface area (Å²) in [5.74, 6) is 0. The first-order valence-electron chi connectivity index (χ1n) is 7.16. The Morgan fingerprint density at radius 2 is 1.65 bits per heavy atom. The van der Waals surface area contributed by atoms with Crippen molar-refractivity contribution in [3.05, 3.63) is 65.4 Å². The smallest absolute Gasteiger partial charge is 0.355 e. The molecular weight excluding hydrogens is 301 g/mol. The minimum absolute atomic E-state index is 0.330. The van der Waals surface area contributed by atoms with Gasteiger partial charge in [-0.1, -0.05) is 24.3 Å². The van der Waals surface area contributed by atoms with Gasteiger partial charge in [-0.3, -0.25) is 4.98 Å². The summed E-state index contributed by atoms with van der Waals surface area (Å²) in [6.45, 7) is 3.74. The predicted molar refractivity (Wildman–Crippen MR) is 85.9 cm³/mol. The third kappa shape index (κ3) is 3.13. The highest BCUT2D eigenvalue weighted by Crippen LogP contribution is 2.34. The van der Waals surface area contributed by atoms with Crippen LogP contribution < -0.4 is 5.32 Å². The van der Waals surface area contributed by atoms with Crippen molar-refractivity contribution in [3.8, 4) is 0 Å². The largest absolute Gasteiger partial charge is 0.416 e. The van der Waals surface area contributed by atoms with E-state index in [1.165, 1.54) is 6.07 Å². The Morgan fingerprint density at radius 3 is 2.35 bits per heavy atom. The highest BCUT2D eigenvalue weighted by Gasteiger charge is 2.30. The number of rotatable bonds is 2. The lowest BCUT2D eigenvalue weighted by Gasteiger charge is -2.14. The van der Waals surface area contributed by atoms with E-state index in [0.29, 0.717) is 16.6 Å². The molecule has 1 N–H and O–H groups in total. The fourth-order valence-electron chi connectivity index (χ4n) is 2.50. The number of benzene rings is 2. The van der Waals surface area contributed by atoms with Gasteiger partial charge in [0, 0.05) is 22.5 Å². The summed E-state index contributed by atoms with van der Waals surface area (Å²) in [5, 5.41) is 3.95. The van der Waals surface area contributed by atoms with Crippen molar-refractivity contribution in [2.24, 2.45) is 0 Å². The SMILES string of the molecule is Cc1cc(Nc2ccccc2C)c2ccc(C(F)(F)F)cc2n1. The fourth-order valence-corrected chi connectivity index (χ4v) is 2.50. The van der Waals surface area contributed by atoms with E-state index in [1.54, 1.807) is 6.92 Å². The summed E-state index contributed by atoms with van der Waals surface area (Å²) in [4.78, 5) is 4.23. The first kappa shape index (κ1) is 15.3. The van der Waals surface area contributed by atoms with Crippen LogP contribution in [0.15, 0.2) is 48.5 Å². The second-order valence-electron chi connectivity index (χ2n) is 5.48. The number of aromatic nitrogens is 1. The topological polar surface area (TPSA) is 24.9 Å². The lowest BCUT2D eigenvalue weighted by atomic mass is 10.1. The Kier molecular flexibility index (Phi) is 3.72. The Morgan fingerprint density at radius 1 is 0.913 bits per heavy atom. The molecule has 2 nitrogen and oxygen atoms in total. The van der Waals surface area contributed by atoms with Gasteiger partial charge in [-0.15, -0.1) is 0 Å². The molecular formula is C18H15F3N2. The average Bonchev–Trinajstić information content (AvgIpc) is 2.48. The van der Waals surface area contributed by atoms with Crippen LogP contribution in [-0.4, -0.2) is 4.98 Å². The van der Waals surface area contributed by atoms with Crippen molar-refractivity contribution < 1.29 is 13.2 Å². The number of nitrogens with zero attached hydrogens (tertiary/aromatic N) is 1. The number of para-hydroxylation sites is 1. The molecule has 118 valence electrons. The van der Waals surface area contributed by atoms with E-state index in [9.17, 15) is 13.2 Å². The summed E-state index contributed by atoms with van der Waals surface area (Å²) in [7, 11) is 0. The molecule has 0 amide bonds. The van der Waals surface area contributed by atoms with Crippen LogP contribution >= 0.6 is 0 Å². The number of hydrogen-bond donors (Lipinski definition) is 1. The lowest BCUT2D eigenvalue weighted by Crippen LogP contribution is -2.05. The Balaban J connectivity index is 2.12. The van der Waals surface area contributed by atoms with Gasteiger partial charge in [0.15, 0.2) is 0 Å². The molecule has 0 atom stereocenters. The van der Waals surface area contributed by atoms with Crippen LogP contribution in [0.1, 0.15) is 16.8 Å². The van der Waals surface area contributed by atoms with Crippen molar-refractivity contribution in [1.82, 2.24) is 4.98 Å². The molecule has 0 fully saturated rings. The first-order valence-corrected chi connectivity index (χ1v) is 7.16. The van der Waals surface area contributed by atoms with E-state index in [1.807, 2.05) is 37.3 Å². The highest BCUT2D eigenvalue weighted by molar-refractivity contribution is 5.93. The second kappa shape index (κ2) is 5.57. The highest BCUT2D eigenvalue weighted by atomic mass is 19.4. The van der Waals surface area contributed by atoms with E-state index < -0.39 is 11.7 Å². The number of pyridine rings is 1. The van der Waals surface area contributed by atoms with Gasteiger partial charge in [0.1, 0.15) is 0 Å². The fraction of sp³-hybridized carbons (Fsp3) is 0.167. The molecule has 0 aliphatic heterocycles. The van der Waals surface area contributed by atoms with Gasteiger partial charge in [-0.2, -0.15) is 13.2 Å². The maximum absolute atomic E-state index is 12.9. The zero-order chi connectivity index (χ0) is 16.6. The normalized spacial score (nSPS) is 11.7. The lowest BCUT2D eigenvalue weighted by molar-refractivity contribution is -0.137. The van der Waals surface area contributed by atoms with Crippen LogP contribution in [0.3, 0.4) is 0 Å². The third-order valence-electron chi connectivity index (χ3n) is 3.68. The molecule has 0 saturated carbocycles. The molecule has 0 aliphatic carbocycles. The molecule has 23 heavy (non-hydrogen) atoms. The summed E-state index contributed by atoms with van der Waals surface area (Å²) < 4.78 is 38.6. The molecule has 0 saturated heterocycles. The van der Waals surface area contributed by atoms with Crippen molar-refractivity contribution in [3.63, 3.8) is 0 Å². The van der Waals surface area contributed by atoms with E-state index in [0.717, 1.165) is 29.1 Å². The van der Waals surface area contributed by atoms with Crippen LogP contribution in [0.25, 0.3) is 10.9 Å². The number of aryl methyl sites for hydroxylation is 2. The molecule has 3 aromatic rings. The molecule has 2 aromatic carbocycles. The number of alkyl halides is 3. The van der Waals surface area contributed by atoms with Crippen LogP contribution in [0.2, 0.25) is 0 Å². The van der Waals surface area contributed by atoms with Gasteiger partial charge >= 0.3 is 6.18 Å².